The van der Waals surface area contributed by atoms with E-state index in [0.29, 0.717) is 28.6 Å². The second kappa shape index (κ2) is 12.8. The first-order chi connectivity index (χ1) is 21.1. The Balaban J connectivity index is 1.40. The second-order valence-corrected chi connectivity index (χ2v) is 11.8. The summed E-state index contributed by atoms with van der Waals surface area (Å²) in [6.07, 6.45) is 10.3. The van der Waals surface area contributed by atoms with Gasteiger partial charge in [-0.25, -0.2) is 9.78 Å². The number of methoxy groups -OCH3 is 1. The maximum atomic E-state index is 13.5. The number of benzene rings is 2. The minimum absolute atomic E-state index is 0.353. The van der Waals surface area contributed by atoms with E-state index in [1.165, 1.54) is 30.9 Å². The first kappa shape index (κ1) is 30.5. The van der Waals surface area contributed by atoms with E-state index in [2.05, 4.69) is 20.2 Å². The molecule has 2 aromatic carbocycles. The molecule has 44 heavy (non-hydrogen) atoms. The van der Waals surface area contributed by atoms with Crippen LogP contribution in [0.5, 0.6) is 5.88 Å². The number of amides is 2. The molecule has 9 nitrogen and oxygen atoms in total. The fourth-order valence-electron chi connectivity index (χ4n) is 5.95. The summed E-state index contributed by atoms with van der Waals surface area (Å²) in [5.74, 6) is -0.787. The van der Waals surface area contributed by atoms with Crippen molar-refractivity contribution < 1.29 is 24.2 Å². The fraction of sp³-hybridized carbons (Fsp3) is 0.314. The van der Waals surface area contributed by atoms with Gasteiger partial charge < -0.3 is 25.0 Å². The van der Waals surface area contributed by atoms with Crippen LogP contribution in [0.3, 0.4) is 0 Å². The molecule has 2 aromatic heterocycles. The number of aliphatic carboxylic acids is 1. The van der Waals surface area contributed by atoms with E-state index in [1.807, 2.05) is 43.6 Å². The third-order valence-electron chi connectivity index (χ3n) is 8.31. The molecule has 0 radical (unpaired) electrons. The predicted octanol–water partition coefficient (Wildman–Crippen LogP) is 6.54. The number of rotatable bonds is 9. The smallest absolute Gasteiger partial charge is 0.328 e. The zero-order valence-corrected chi connectivity index (χ0v) is 25.5. The van der Waals surface area contributed by atoms with Crippen molar-refractivity contribution in [3.63, 3.8) is 0 Å². The van der Waals surface area contributed by atoms with Crippen LogP contribution in [0.1, 0.15) is 73.4 Å². The molecular weight excluding hydrogens is 556 g/mol. The topological polar surface area (TPSA) is 123 Å². The normalized spacial score (nSPS) is 14.1. The molecule has 0 unspecified atom stereocenters. The number of aryl methyl sites for hydroxylation is 1. The van der Waals surface area contributed by atoms with E-state index in [4.69, 9.17) is 9.84 Å². The number of anilines is 1. The van der Waals surface area contributed by atoms with Crippen LogP contribution < -0.4 is 15.4 Å². The third-order valence-corrected chi connectivity index (χ3v) is 8.31. The highest BCUT2D eigenvalue weighted by atomic mass is 16.5. The highest BCUT2D eigenvalue weighted by Crippen LogP contribution is 2.43. The largest absolute Gasteiger partial charge is 0.481 e. The van der Waals surface area contributed by atoms with E-state index in [1.54, 1.807) is 45.2 Å². The molecule has 9 heteroatoms. The van der Waals surface area contributed by atoms with Gasteiger partial charge in [0.05, 0.1) is 12.8 Å². The van der Waals surface area contributed by atoms with E-state index < -0.39 is 11.5 Å². The molecule has 0 atom stereocenters. The van der Waals surface area contributed by atoms with Gasteiger partial charge >= 0.3 is 5.97 Å². The fourth-order valence-corrected chi connectivity index (χ4v) is 5.95. The molecule has 1 saturated carbocycles. The minimum atomic E-state index is -1.21. The third kappa shape index (κ3) is 6.51. The van der Waals surface area contributed by atoms with Crippen LogP contribution in [0.2, 0.25) is 0 Å². The predicted molar refractivity (Wildman–Crippen MR) is 172 cm³/mol. The maximum Gasteiger partial charge on any atom is 0.328 e. The van der Waals surface area contributed by atoms with Gasteiger partial charge in [0.2, 0.25) is 11.8 Å². The number of pyridine rings is 1. The lowest BCUT2D eigenvalue weighted by Gasteiger charge is -2.25. The molecule has 1 fully saturated rings. The summed E-state index contributed by atoms with van der Waals surface area (Å²) in [6.45, 7) is 3.31. The summed E-state index contributed by atoms with van der Waals surface area (Å²) in [6, 6.07) is 16.4. The lowest BCUT2D eigenvalue weighted by molar-refractivity contribution is -0.131. The lowest BCUT2D eigenvalue weighted by Crippen LogP contribution is -2.52. The number of carboxylic acid groups (broad SMARTS) is 1. The van der Waals surface area contributed by atoms with Crippen LogP contribution in [0.4, 0.5) is 5.69 Å². The quantitative estimate of drug-likeness (QED) is 0.189. The van der Waals surface area contributed by atoms with Gasteiger partial charge in [0.1, 0.15) is 5.54 Å². The highest BCUT2D eigenvalue weighted by molar-refractivity contribution is 6.05. The van der Waals surface area contributed by atoms with Crippen LogP contribution >= 0.6 is 0 Å². The number of nitrogens with zero attached hydrogens (tertiary/aromatic N) is 2. The Labute approximate surface area is 257 Å². The van der Waals surface area contributed by atoms with Crippen molar-refractivity contribution in [1.82, 2.24) is 14.9 Å². The molecule has 1 aliphatic carbocycles. The molecule has 5 rings (SSSR count). The van der Waals surface area contributed by atoms with Gasteiger partial charge in [-0.05, 0) is 80.1 Å². The summed E-state index contributed by atoms with van der Waals surface area (Å²) in [4.78, 5) is 41.9. The first-order valence-corrected chi connectivity index (χ1v) is 14.8. The molecule has 0 bridgehead atoms. The zero-order valence-electron chi connectivity index (χ0n) is 25.5. The minimum Gasteiger partial charge on any atom is -0.481 e. The van der Waals surface area contributed by atoms with Gasteiger partial charge in [0.25, 0.3) is 5.91 Å². The highest BCUT2D eigenvalue weighted by Gasteiger charge is 2.31. The van der Waals surface area contributed by atoms with Gasteiger partial charge in [-0.3, -0.25) is 9.59 Å². The Bertz CT molecular complexity index is 1710. The number of hydrogen-bond donors (Lipinski definition) is 3. The van der Waals surface area contributed by atoms with Crippen molar-refractivity contribution in [3.05, 3.63) is 83.6 Å². The van der Waals surface area contributed by atoms with E-state index >= 15 is 0 Å². The average molecular weight is 595 g/mol. The number of nitrogens with one attached hydrogen (secondary N) is 2. The summed E-state index contributed by atoms with van der Waals surface area (Å²) < 4.78 is 7.43. The van der Waals surface area contributed by atoms with Crippen molar-refractivity contribution in [2.24, 2.45) is 7.05 Å². The van der Waals surface area contributed by atoms with E-state index in [0.717, 1.165) is 41.1 Å². The standard InChI is InChI=1S/C35H38N4O5/c1-35(2,34(43)37-26-15-10-22(11-16-26)12-19-30(40)41)38-33(42)24-13-17-27-28(20-24)39(3)32(25-14-18-29(44-4)36-21-25)31(27)23-8-6-5-7-9-23/h10-21,23H,5-9H2,1-4H3,(H,37,43)(H,38,42)(H,40,41)/b19-12+. The molecule has 2 amide bonds. The number of hydrogen-bond acceptors (Lipinski definition) is 5. The van der Waals surface area contributed by atoms with Gasteiger partial charge in [-0.2, -0.15) is 0 Å². The van der Waals surface area contributed by atoms with Crippen molar-refractivity contribution in [1.29, 1.82) is 0 Å². The second-order valence-electron chi connectivity index (χ2n) is 11.8. The SMILES string of the molecule is COc1ccc(-c2c(C3CCCCC3)c3ccc(C(=O)NC(C)(C)C(=O)Nc4ccc(/C=C/C(=O)O)cc4)cc3n2C)cn1. The van der Waals surface area contributed by atoms with Gasteiger partial charge in [-0.15, -0.1) is 0 Å². The summed E-state index contributed by atoms with van der Waals surface area (Å²) in [7, 11) is 3.63. The van der Waals surface area contributed by atoms with Gasteiger partial charge in [0, 0.05) is 53.1 Å². The number of carboxylic acids is 1. The molecule has 0 aliphatic heterocycles. The Morgan fingerprint density at radius 2 is 1.75 bits per heavy atom. The molecule has 4 aromatic rings. The maximum absolute atomic E-state index is 13.5. The number of carbonyl (C=O) groups excluding carboxylic acids is 2. The van der Waals surface area contributed by atoms with Gasteiger partial charge in [-0.1, -0.05) is 37.5 Å². The van der Waals surface area contributed by atoms with Crippen molar-refractivity contribution in [3.8, 4) is 17.1 Å². The molecule has 1 aliphatic rings. The van der Waals surface area contributed by atoms with Crippen LogP contribution in [-0.4, -0.2) is 45.1 Å². The molecule has 2 heterocycles. The van der Waals surface area contributed by atoms with Crippen LogP contribution in [-0.2, 0) is 16.6 Å². The Morgan fingerprint density at radius 1 is 1.02 bits per heavy atom. The number of aromatic nitrogens is 2. The summed E-state index contributed by atoms with van der Waals surface area (Å²) in [5.41, 5.74) is 4.81. The van der Waals surface area contributed by atoms with Crippen molar-refractivity contribution in [2.45, 2.75) is 57.4 Å². The number of carbonyl (C=O) groups is 3. The van der Waals surface area contributed by atoms with E-state index in [9.17, 15) is 14.4 Å². The summed E-state index contributed by atoms with van der Waals surface area (Å²) >= 11 is 0. The molecule has 0 spiro atoms. The van der Waals surface area contributed by atoms with Crippen LogP contribution in [0.15, 0.2) is 66.9 Å². The summed E-state index contributed by atoms with van der Waals surface area (Å²) in [5, 5.41) is 15.6. The van der Waals surface area contributed by atoms with E-state index in [-0.39, 0.29) is 11.8 Å². The Morgan fingerprint density at radius 3 is 2.39 bits per heavy atom. The average Bonchev–Trinajstić information content (AvgIpc) is 3.32. The van der Waals surface area contributed by atoms with Crippen LogP contribution in [0.25, 0.3) is 28.2 Å². The lowest BCUT2D eigenvalue weighted by atomic mass is 9.82. The molecule has 0 saturated heterocycles. The molecule has 3 N–H and O–H groups in total. The van der Waals surface area contributed by atoms with Crippen LogP contribution in [0, 0.1) is 0 Å². The first-order valence-electron chi connectivity index (χ1n) is 14.8. The Kier molecular flexibility index (Phi) is 8.85. The monoisotopic (exact) mass is 594 g/mol. The zero-order chi connectivity index (χ0) is 31.4. The molecular formula is C35H38N4O5. The Hall–Kier alpha value is -4.92. The van der Waals surface area contributed by atoms with Gasteiger partial charge in [0.15, 0.2) is 0 Å². The molecule has 228 valence electrons. The number of ether oxygens (including phenoxy) is 1. The van der Waals surface area contributed by atoms with Crippen molar-refractivity contribution >= 4 is 40.4 Å². The number of fused-ring (bicyclic) bond motifs is 1. The van der Waals surface area contributed by atoms with Crippen molar-refractivity contribution in [2.75, 3.05) is 12.4 Å².